The smallest absolute Gasteiger partial charge is 0.282 e. The van der Waals surface area contributed by atoms with Gasteiger partial charge < -0.3 is 5.32 Å². The first-order valence-electron chi connectivity index (χ1n) is 8.53. The van der Waals surface area contributed by atoms with Crippen molar-refractivity contribution in [1.82, 2.24) is 20.1 Å². The van der Waals surface area contributed by atoms with Gasteiger partial charge in [0.2, 0.25) is 5.91 Å². The zero-order valence-corrected chi connectivity index (χ0v) is 15.8. The van der Waals surface area contributed by atoms with Crippen LogP contribution in [0.2, 0.25) is 0 Å². The highest BCUT2D eigenvalue weighted by atomic mass is 32.1. The number of aromatic nitrogens is 3. The first-order chi connectivity index (χ1) is 13.0. The lowest BCUT2D eigenvalue weighted by Crippen LogP contribution is -2.36. The van der Waals surface area contributed by atoms with E-state index < -0.39 is 12.5 Å². The van der Waals surface area contributed by atoms with Gasteiger partial charge in [0.1, 0.15) is 11.7 Å². The molecule has 0 saturated heterocycles. The number of hydrogen-bond donors (Lipinski definition) is 1. The second kappa shape index (κ2) is 8.39. The molecule has 0 bridgehead atoms. The molecule has 2 atom stereocenters. The summed E-state index contributed by atoms with van der Waals surface area (Å²) in [5.74, 6) is -0.297. The summed E-state index contributed by atoms with van der Waals surface area (Å²) in [5.41, 5.74) is 0.935. The SMILES string of the molecule is Cc1cc(C(F)F)nn1[C@@H](C)C(=O)N[C@H](Cc1cccs1)c1ccccn1. The first kappa shape index (κ1) is 19.2. The molecule has 27 heavy (non-hydrogen) atoms. The van der Waals surface area contributed by atoms with Crippen molar-refractivity contribution >= 4 is 17.2 Å². The number of carbonyl (C=O) groups excluding carboxylic acids is 1. The monoisotopic (exact) mass is 390 g/mol. The van der Waals surface area contributed by atoms with Crippen molar-refractivity contribution in [2.45, 2.75) is 38.8 Å². The average molecular weight is 390 g/mol. The van der Waals surface area contributed by atoms with Gasteiger partial charge in [-0.1, -0.05) is 12.1 Å². The lowest BCUT2D eigenvalue weighted by molar-refractivity contribution is -0.125. The number of pyridine rings is 1. The zero-order chi connectivity index (χ0) is 19.4. The Balaban J connectivity index is 1.79. The summed E-state index contributed by atoms with van der Waals surface area (Å²) in [6.45, 7) is 3.30. The molecular formula is C19H20F2N4OS. The van der Waals surface area contributed by atoms with Crippen molar-refractivity contribution in [1.29, 1.82) is 0 Å². The average Bonchev–Trinajstić information content (AvgIpc) is 3.30. The molecule has 0 fully saturated rings. The van der Waals surface area contributed by atoms with Crippen LogP contribution < -0.4 is 5.32 Å². The molecule has 3 rings (SSSR count). The first-order valence-corrected chi connectivity index (χ1v) is 9.41. The largest absolute Gasteiger partial charge is 0.346 e. The number of thiophene rings is 1. The van der Waals surface area contributed by atoms with Crippen LogP contribution in [-0.4, -0.2) is 20.7 Å². The predicted octanol–water partition coefficient (Wildman–Crippen LogP) is 4.25. The fourth-order valence-corrected chi connectivity index (χ4v) is 3.61. The van der Waals surface area contributed by atoms with E-state index in [2.05, 4.69) is 15.4 Å². The van der Waals surface area contributed by atoms with Gasteiger partial charge in [0.25, 0.3) is 6.43 Å². The van der Waals surface area contributed by atoms with Gasteiger partial charge >= 0.3 is 0 Å². The highest BCUT2D eigenvalue weighted by molar-refractivity contribution is 7.09. The molecule has 3 heterocycles. The van der Waals surface area contributed by atoms with Gasteiger partial charge in [-0.2, -0.15) is 5.10 Å². The second-order valence-corrected chi connectivity index (χ2v) is 7.26. The van der Waals surface area contributed by atoms with E-state index in [4.69, 9.17) is 0 Å². The summed E-state index contributed by atoms with van der Waals surface area (Å²) >= 11 is 1.61. The quantitative estimate of drug-likeness (QED) is 0.656. The van der Waals surface area contributed by atoms with Crippen LogP contribution in [0.1, 0.15) is 47.4 Å². The van der Waals surface area contributed by atoms with E-state index >= 15 is 0 Å². The number of rotatable bonds is 7. The molecule has 3 aromatic heterocycles. The van der Waals surface area contributed by atoms with E-state index in [0.717, 1.165) is 10.6 Å². The van der Waals surface area contributed by atoms with Gasteiger partial charge in [0.15, 0.2) is 0 Å². The molecule has 3 aromatic rings. The molecule has 1 amide bonds. The molecule has 0 aliphatic heterocycles. The molecule has 5 nitrogen and oxygen atoms in total. The Morgan fingerprint density at radius 2 is 2.07 bits per heavy atom. The standard InChI is InChI=1S/C19H20F2N4OS/c1-12-10-17(18(20)21)24-25(12)13(2)19(26)23-16(11-14-6-5-9-27-14)15-7-3-4-8-22-15/h3-10,13,16,18H,11H2,1-2H3,(H,23,26)/t13-,16+/m0/s1. The van der Waals surface area contributed by atoms with E-state index in [1.54, 1.807) is 31.4 Å². The van der Waals surface area contributed by atoms with Crippen LogP contribution in [0, 0.1) is 6.92 Å². The number of amides is 1. The number of alkyl halides is 2. The van der Waals surface area contributed by atoms with Crippen LogP contribution in [-0.2, 0) is 11.2 Å². The fraction of sp³-hybridized carbons (Fsp3) is 0.316. The highest BCUT2D eigenvalue weighted by Crippen LogP contribution is 2.23. The van der Waals surface area contributed by atoms with E-state index in [1.165, 1.54) is 10.7 Å². The molecule has 0 aliphatic carbocycles. The minimum Gasteiger partial charge on any atom is -0.346 e. The fourth-order valence-electron chi connectivity index (χ4n) is 2.86. The Morgan fingerprint density at radius 1 is 1.26 bits per heavy atom. The van der Waals surface area contributed by atoms with E-state index in [0.29, 0.717) is 12.1 Å². The summed E-state index contributed by atoms with van der Waals surface area (Å²) in [7, 11) is 0. The van der Waals surface area contributed by atoms with Crippen LogP contribution >= 0.6 is 11.3 Å². The van der Waals surface area contributed by atoms with Crippen LogP contribution in [0.15, 0.2) is 48.0 Å². The minimum atomic E-state index is -2.67. The van der Waals surface area contributed by atoms with Crippen molar-refractivity contribution in [3.63, 3.8) is 0 Å². The molecule has 0 saturated carbocycles. The van der Waals surface area contributed by atoms with Gasteiger partial charge in [0, 0.05) is 23.2 Å². The van der Waals surface area contributed by atoms with Gasteiger partial charge in [-0.05, 0) is 43.5 Å². The molecule has 0 aromatic carbocycles. The Bertz CT molecular complexity index is 881. The second-order valence-electron chi connectivity index (χ2n) is 6.23. The molecule has 0 spiro atoms. The third-order valence-electron chi connectivity index (χ3n) is 4.26. The zero-order valence-electron chi connectivity index (χ0n) is 15.0. The third-order valence-corrected chi connectivity index (χ3v) is 5.16. The summed E-state index contributed by atoms with van der Waals surface area (Å²) < 4.78 is 27.1. The number of hydrogen-bond acceptors (Lipinski definition) is 4. The van der Waals surface area contributed by atoms with Crippen LogP contribution in [0.5, 0.6) is 0 Å². The van der Waals surface area contributed by atoms with Crippen molar-refractivity contribution in [3.05, 3.63) is 69.9 Å². The normalized spacial score (nSPS) is 13.5. The molecular weight excluding hydrogens is 370 g/mol. The molecule has 142 valence electrons. The van der Waals surface area contributed by atoms with Crippen LogP contribution in [0.4, 0.5) is 8.78 Å². The minimum absolute atomic E-state index is 0.297. The van der Waals surface area contributed by atoms with Crippen LogP contribution in [0.25, 0.3) is 0 Å². The molecule has 8 heteroatoms. The predicted molar refractivity (Wildman–Crippen MR) is 99.8 cm³/mol. The topological polar surface area (TPSA) is 59.8 Å². The Morgan fingerprint density at radius 3 is 2.67 bits per heavy atom. The van der Waals surface area contributed by atoms with E-state index in [-0.39, 0.29) is 17.6 Å². The lowest BCUT2D eigenvalue weighted by atomic mass is 10.1. The summed E-state index contributed by atoms with van der Waals surface area (Å²) in [5, 5.41) is 8.85. The molecule has 0 unspecified atom stereocenters. The van der Waals surface area contributed by atoms with Gasteiger partial charge in [-0.3, -0.25) is 14.5 Å². The summed E-state index contributed by atoms with van der Waals surface area (Å²) in [4.78, 5) is 18.3. The maximum absolute atomic E-state index is 12.9. The summed E-state index contributed by atoms with van der Waals surface area (Å²) in [6.07, 6.45) is -0.382. The highest BCUT2D eigenvalue weighted by Gasteiger charge is 2.24. The molecule has 0 radical (unpaired) electrons. The number of carbonyl (C=O) groups is 1. The lowest BCUT2D eigenvalue weighted by Gasteiger charge is -2.21. The molecule has 0 aliphatic rings. The Kier molecular flexibility index (Phi) is 5.95. The van der Waals surface area contributed by atoms with E-state index in [9.17, 15) is 13.6 Å². The van der Waals surface area contributed by atoms with Crippen molar-refractivity contribution in [3.8, 4) is 0 Å². The molecule has 1 N–H and O–H groups in total. The maximum atomic E-state index is 12.9. The number of aryl methyl sites for hydroxylation is 1. The van der Waals surface area contributed by atoms with E-state index in [1.807, 2.05) is 35.7 Å². The Hall–Kier alpha value is -2.61. The van der Waals surface area contributed by atoms with Crippen molar-refractivity contribution in [2.24, 2.45) is 0 Å². The number of nitrogens with one attached hydrogen (secondary N) is 1. The van der Waals surface area contributed by atoms with Crippen molar-refractivity contribution < 1.29 is 13.6 Å². The van der Waals surface area contributed by atoms with Crippen molar-refractivity contribution in [2.75, 3.05) is 0 Å². The summed E-state index contributed by atoms with van der Waals surface area (Å²) in [6, 6.07) is 9.77. The van der Waals surface area contributed by atoms with Gasteiger partial charge in [0.05, 0.1) is 11.7 Å². The Labute approximate surface area is 160 Å². The van der Waals surface area contributed by atoms with Gasteiger partial charge in [-0.25, -0.2) is 8.78 Å². The van der Waals surface area contributed by atoms with Gasteiger partial charge in [-0.15, -0.1) is 11.3 Å². The van der Waals surface area contributed by atoms with Crippen LogP contribution in [0.3, 0.4) is 0 Å². The number of nitrogens with zero attached hydrogens (tertiary/aromatic N) is 3. The third kappa shape index (κ3) is 4.57. The number of halogens is 2. The maximum Gasteiger partial charge on any atom is 0.282 e.